The number of nitrogens with one attached hydrogen (secondary N) is 2. The molecule has 1 aromatic heterocycles. The molecular formula is C22H24FN5O2S. The highest BCUT2D eigenvalue weighted by Gasteiger charge is 2.17. The number of hydrogen-bond acceptors (Lipinski definition) is 5. The monoisotopic (exact) mass is 441 g/mol. The summed E-state index contributed by atoms with van der Waals surface area (Å²) in [6.45, 7) is 4.50. The molecule has 2 aromatic carbocycles. The van der Waals surface area contributed by atoms with Crippen molar-refractivity contribution in [2.45, 2.75) is 38.4 Å². The van der Waals surface area contributed by atoms with Gasteiger partial charge in [0.1, 0.15) is 11.6 Å². The maximum absolute atomic E-state index is 13.7. The first-order chi connectivity index (χ1) is 15.0. The zero-order chi connectivity index (χ0) is 22.2. The number of anilines is 2. The van der Waals surface area contributed by atoms with Crippen LogP contribution in [0.15, 0.2) is 53.7 Å². The highest BCUT2D eigenvalue weighted by molar-refractivity contribution is 7.99. The van der Waals surface area contributed by atoms with E-state index in [1.807, 2.05) is 38.1 Å². The Labute approximate surface area is 184 Å². The van der Waals surface area contributed by atoms with E-state index in [2.05, 4.69) is 20.8 Å². The average Bonchev–Trinajstić information content (AvgIpc) is 3.15. The number of thioether (sulfide) groups is 1. The highest BCUT2D eigenvalue weighted by atomic mass is 32.2. The molecule has 162 valence electrons. The van der Waals surface area contributed by atoms with Crippen molar-refractivity contribution in [3.05, 3.63) is 65.7 Å². The van der Waals surface area contributed by atoms with Crippen LogP contribution in [-0.2, 0) is 29.0 Å². The fraction of sp³-hybridized carbons (Fsp3) is 0.273. The topological polar surface area (TPSA) is 88.9 Å². The van der Waals surface area contributed by atoms with Gasteiger partial charge in [-0.25, -0.2) is 4.39 Å². The van der Waals surface area contributed by atoms with Crippen LogP contribution in [0.1, 0.15) is 25.2 Å². The average molecular weight is 442 g/mol. The van der Waals surface area contributed by atoms with Crippen LogP contribution in [0.25, 0.3) is 0 Å². The van der Waals surface area contributed by atoms with Crippen molar-refractivity contribution in [2.24, 2.45) is 0 Å². The van der Waals surface area contributed by atoms with E-state index in [0.717, 1.165) is 17.7 Å². The van der Waals surface area contributed by atoms with Crippen LogP contribution in [0.2, 0.25) is 0 Å². The summed E-state index contributed by atoms with van der Waals surface area (Å²) in [5, 5.41) is 14.2. The van der Waals surface area contributed by atoms with Gasteiger partial charge in [-0.15, -0.1) is 10.2 Å². The molecule has 0 aliphatic rings. The van der Waals surface area contributed by atoms with Crippen molar-refractivity contribution < 1.29 is 14.0 Å². The number of aromatic nitrogens is 3. The molecule has 2 N–H and O–H groups in total. The van der Waals surface area contributed by atoms with Crippen LogP contribution in [-0.4, -0.2) is 32.3 Å². The predicted molar refractivity (Wildman–Crippen MR) is 120 cm³/mol. The van der Waals surface area contributed by atoms with E-state index in [4.69, 9.17) is 0 Å². The van der Waals surface area contributed by atoms with E-state index in [1.54, 1.807) is 16.7 Å². The van der Waals surface area contributed by atoms with E-state index in [1.165, 1.54) is 23.9 Å². The third-order valence-electron chi connectivity index (χ3n) is 4.58. The molecule has 0 fully saturated rings. The minimum atomic E-state index is -0.490. The maximum Gasteiger partial charge on any atom is 0.234 e. The molecule has 31 heavy (non-hydrogen) atoms. The lowest BCUT2D eigenvalue weighted by molar-refractivity contribution is -0.116. The molecule has 0 atom stereocenters. The third-order valence-corrected chi connectivity index (χ3v) is 5.55. The number of carbonyl (C=O) groups is 2. The zero-order valence-electron chi connectivity index (χ0n) is 17.4. The molecule has 0 saturated carbocycles. The molecule has 0 radical (unpaired) electrons. The molecule has 0 aliphatic heterocycles. The molecule has 0 unspecified atom stereocenters. The van der Waals surface area contributed by atoms with Gasteiger partial charge >= 0.3 is 0 Å². The van der Waals surface area contributed by atoms with Gasteiger partial charge in [-0.1, -0.05) is 49.0 Å². The summed E-state index contributed by atoms with van der Waals surface area (Å²) in [7, 11) is 0. The van der Waals surface area contributed by atoms with Crippen LogP contribution >= 0.6 is 11.8 Å². The number of aryl methyl sites for hydroxylation is 1. The van der Waals surface area contributed by atoms with Gasteiger partial charge in [-0.3, -0.25) is 9.59 Å². The number of benzene rings is 2. The highest BCUT2D eigenvalue weighted by Crippen LogP contribution is 2.20. The van der Waals surface area contributed by atoms with Crippen LogP contribution in [0.3, 0.4) is 0 Å². The first-order valence-electron chi connectivity index (χ1n) is 9.98. The van der Waals surface area contributed by atoms with Crippen molar-refractivity contribution in [1.82, 2.24) is 14.8 Å². The minimum absolute atomic E-state index is 0.0442. The summed E-state index contributed by atoms with van der Waals surface area (Å²) in [5.74, 6) is -0.461. The molecule has 3 rings (SSSR count). The van der Waals surface area contributed by atoms with E-state index >= 15 is 0 Å². The molecule has 0 spiro atoms. The number of carbonyl (C=O) groups excluding carboxylic acids is 2. The molecule has 3 aromatic rings. The smallest absolute Gasteiger partial charge is 0.234 e. The molecule has 2 amide bonds. The Kier molecular flexibility index (Phi) is 7.77. The molecular weight excluding hydrogens is 417 g/mol. The Balaban J connectivity index is 1.60. The Bertz CT molecular complexity index is 1070. The number of hydrogen-bond donors (Lipinski definition) is 2. The Hall–Kier alpha value is -3.20. The summed E-state index contributed by atoms with van der Waals surface area (Å²) < 4.78 is 15.5. The van der Waals surface area contributed by atoms with E-state index in [0.29, 0.717) is 17.5 Å². The maximum atomic E-state index is 13.7. The number of para-hydroxylation sites is 2. The zero-order valence-corrected chi connectivity index (χ0v) is 18.2. The van der Waals surface area contributed by atoms with Gasteiger partial charge in [0.25, 0.3) is 0 Å². The largest absolute Gasteiger partial charge is 0.325 e. The van der Waals surface area contributed by atoms with Crippen molar-refractivity contribution in [1.29, 1.82) is 0 Å². The van der Waals surface area contributed by atoms with Gasteiger partial charge in [0.15, 0.2) is 5.16 Å². The number of rotatable bonds is 9. The molecule has 7 nitrogen and oxygen atoms in total. The lowest BCUT2D eigenvalue weighted by atomic mass is 10.1. The van der Waals surface area contributed by atoms with E-state index < -0.39 is 5.82 Å². The second-order valence-electron chi connectivity index (χ2n) is 6.70. The lowest BCUT2D eigenvalue weighted by Crippen LogP contribution is -2.19. The molecule has 0 aliphatic carbocycles. The van der Waals surface area contributed by atoms with Crippen LogP contribution in [0.5, 0.6) is 0 Å². The van der Waals surface area contributed by atoms with Crippen LogP contribution in [0, 0.1) is 5.82 Å². The number of halogens is 1. The van der Waals surface area contributed by atoms with Crippen LogP contribution < -0.4 is 10.6 Å². The summed E-state index contributed by atoms with van der Waals surface area (Å²) in [6, 6.07) is 13.7. The van der Waals surface area contributed by atoms with Crippen molar-refractivity contribution in [3.63, 3.8) is 0 Å². The van der Waals surface area contributed by atoms with Gasteiger partial charge < -0.3 is 15.2 Å². The van der Waals surface area contributed by atoms with Crippen molar-refractivity contribution in [2.75, 3.05) is 16.4 Å². The van der Waals surface area contributed by atoms with Crippen molar-refractivity contribution in [3.8, 4) is 0 Å². The first-order valence-corrected chi connectivity index (χ1v) is 11.0. The lowest BCUT2D eigenvalue weighted by Gasteiger charge is -2.10. The summed E-state index contributed by atoms with van der Waals surface area (Å²) >= 11 is 1.19. The van der Waals surface area contributed by atoms with E-state index in [-0.39, 0.29) is 29.7 Å². The molecule has 0 saturated heterocycles. The second-order valence-corrected chi connectivity index (χ2v) is 7.64. The van der Waals surface area contributed by atoms with Gasteiger partial charge in [0.2, 0.25) is 11.8 Å². The fourth-order valence-electron chi connectivity index (χ4n) is 3.04. The Morgan fingerprint density at radius 1 is 0.968 bits per heavy atom. The standard InChI is InChI=1S/C22H24FN5O2S/c1-3-15-9-5-7-11-17(15)24-20(29)13-19-26-27-22(28(19)4-2)31-14-21(30)25-18-12-8-6-10-16(18)23/h5-12H,3-4,13-14H2,1-2H3,(H,24,29)(H,25,30). The van der Waals surface area contributed by atoms with Gasteiger partial charge in [-0.2, -0.15) is 0 Å². The Morgan fingerprint density at radius 2 is 1.65 bits per heavy atom. The Morgan fingerprint density at radius 3 is 2.35 bits per heavy atom. The van der Waals surface area contributed by atoms with Crippen molar-refractivity contribution >= 4 is 35.0 Å². The first kappa shape index (κ1) is 22.5. The number of nitrogens with zero attached hydrogens (tertiary/aromatic N) is 3. The molecule has 9 heteroatoms. The predicted octanol–water partition coefficient (Wildman–Crippen LogP) is 3.91. The summed E-state index contributed by atoms with van der Waals surface area (Å²) in [5.41, 5.74) is 1.98. The quantitative estimate of drug-likeness (QED) is 0.492. The van der Waals surface area contributed by atoms with Crippen LogP contribution in [0.4, 0.5) is 15.8 Å². The fourth-order valence-corrected chi connectivity index (χ4v) is 3.86. The molecule has 0 bridgehead atoms. The normalized spacial score (nSPS) is 10.7. The second kappa shape index (κ2) is 10.7. The third kappa shape index (κ3) is 5.91. The number of amides is 2. The van der Waals surface area contributed by atoms with Gasteiger partial charge in [-0.05, 0) is 37.1 Å². The van der Waals surface area contributed by atoms with E-state index in [9.17, 15) is 14.0 Å². The molecule has 1 heterocycles. The summed E-state index contributed by atoms with van der Waals surface area (Å²) in [4.78, 5) is 24.7. The summed E-state index contributed by atoms with van der Waals surface area (Å²) in [6.07, 6.45) is 0.887. The minimum Gasteiger partial charge on any atom is -0.325 e. The van der Waals surface area contributed by atoms with Gasteiger partial charge in [0, 0.05) is 12.2 Å². The SMILES string of the molecule is CCc1ccccc1NC(=O)Cc1nnc(SCC(=O)Nc2ccccc2F)n1CC. The van der Waals surface area contributed by atoms with Gasteiger partial charge in [0.05, 0.1) is 17.9 Å².